The summed E-state index contributed by atoms with van der Waals surface area (Å²) in [5.74, 6) is 0.510. The predicted molar refractivity (Wildman–Crippen MR) is 74.4 cm³/mol. The number of nitrogens with one attached hydrogen (secondary N) is 1. The maximum atomic E-state index is 11.9. The number of aromatic hydroxyl groups is 1. The van der Waals surface area contributed by atoms with Gasteiger partial charge in [-0.25, -0.2) is 0 Å². The fourth-order valence-corrected chi connectivity index (χ4v) is 2.20. The zero-order valence-corrected chi connectivity index (χ0v) is 11.2. The Hall–Kier alpha value is -1.77. The molecule has 1 heterocycles. The minimum Gasteiger partial charge on any atom is -0.507 e. The van der Waals surface area contributed by atoms with Gasteiger partial charge in [0.2, 0.25) is 0 Å². The van der Waals surface area contributed by atoms with Crippen LogP contribution in [0.3, 0.4) is 0 Å². The second-order valence-electron chi connectivity index (χ2n) is 5.33. The number of H-pyrrole nitrogens is 1. The fraction of sp³-hybridized carbons (Fsp3) is 0.400. The molecule has 0 aliphatic rings. The zero-order chi connectivity index (χ0) is 13.4. The Morgan fingerprint density at radius 3 is 2.33 bits per heavy atom. The Bertz CT molecular complexity index is 639. The number of benzene rings is 1. The third-order valence-electron chi connectivity index (χ3n) is 3.29. The predicted octanol–water partition coefficient (Wildman–Crippen LogP) is 3.48. The molecule has 3 nitrogen and oxygen atoms in total. The molecule has 0 bridgehead atoms. The number of rotatable bonds is 2. The molecule has 0 fully saturated rings. The van der Waals surface area contributed by atoms with Gasteiger partial charge in [0.1, 0.15) is 5.75 Å². The Balaban J connectivity index is 2.81. The highest BCUT2D eigenvalue weighted by Crippen LogP contribution is 2.31. The maximum Gasteiger partial charge on any atom is 0.255 e. The van der Waals surface area contributed by atoms with Crippen LogP contribution in [0, 0.1) is 0 Å². The fourth-order valence-electron chi connectivity index (χ4n) is 2.20. The lowest BCUT2D eigenvalue weighted by atomic mass is 9.97. The van der Waals surface area contributed by atoms with E-state index in [-0.39, 0.29) is 17.2 Å². The lowest BCUT2D eigenvalue weighted by molar-refractivity contribution is 0.469. The molecule has 96 valence electrons. The maximum absolute atomic E-state index is 11.9. The van der Waals surface area contributed by atoms with Crippen LogP contribution in [0.4, 0.5) is 0 Å². The van der Waals surface area contributed by atoms with Crippen LogP contribution in [-0.2, 0) is 0 Å². The molecule has 0 saturated carbocycles. The summed E-state index contributed by atoms with van der Waals surface area (Å²) in [6, 6.07) is 5.80. The van der Waals surface area contributed by atoms with Crippen molar-refractivity contribution in [2.45, 2.75) is 39.5 Å². The number of aromatic amines is 1. The number of aromatic nitrogens is 1. The van der Waals surface area contributed by atoms with Gasteiger partial charge in [0.25, 0.3) is 5.56 Å². The minimum atomic E-state index is -0.202. The van der Waals surface area contributed by atoms with E-state index in [0.717, 1.165) is 10.9 Å². The first-order valence-corrected chi connectivity index (χ1v) is 6.30. The first kappa shape index (κ1) is 12.7. The third kappa shape index (κ3) is 2.01. The molecule has 18 heavy (non-hydrogen) atoms. The molecular weight excluding hydrogens is 226 g/mol. The minimum absolute atomic E-state index is 0.000793. The van der Waals surface area contributed by atoms with Crippen LogP contribution >= 0.6 is 0 Å². The van der Waals surface area contributed by atoms with Crippen LogP contribution in [0.1, 0.15) is 50.7 Å². The van der Waals surface area contributed by atoms with Crippen molar-refractivity contribution in [2.24, 2.45) is 0 Å². The third-order valence-corrected chi connectivity index (χ3v) is 3.29. The first-order valence-electron chi connectivity index (χ1n) is 6.30. The summed E-state index contributed by atoms with van der Waals surface area (Å²) in [7, 11) is 0. The summed E-state index contributed by atoms with van der Waals surface area (Å²) in [5.41, 5.74) is 2.10. The molecular formula is C15H19NO2. The molecule has 0 spiro atoms. The highest BCUT2D eigenvalue weighted by molar-refractivity contribution is 5.86. The molecule has 0 amide bonds. The van der Waals surface area contributed by atoms with Crippen molar-refractivity contribution in [3.63, 3.8) is 0 Å². The van der Waals surface area contributed by atoms with Gasteiger partial charge in [0, 0.05) is 5.39 Å². The lowest BCUT2D eigenvalue weighted by Gasteiger charge is -2.12. The van der Waals surface area contributed by atoms with Crippen LogP contribution in [-0.4, -0.2) is 10.1 Å². The molecule has 0 saturated heterocycles. The van der Waals surface area contributed by atoms with E-state index >= 15 is 0 Å². The molecule has 2 aromatic rings. The number of pyridine rings is 1. The molecule has 2 N–H and O–H groups in total. The smallest absolute Gasteiger partial charge is 0.255 e. The van der Waals surface area contributed by atoms with E-state index in [9.17, 15) is 9.90 Å². The molecule has 1 aromatic carbocycles. The van der Waals surface area contributed by atoms with Crippen LogP contribution < -0.4 is 5.56 Å². The number of fused-ring (bicyclic) bond motifs is 1. The van der Waals surface area contributed by atoms with Gasteiger partial charge in [-0.1, -0.05) is 33.8 Å². The molecule has 3 heteroatoms. The topological polar surface area (TPSA) is 53.1 Å². The van der Waals surface area contributed by atoms with Gasteiger partial charge >= 0.3 is 0 Å². The number of hydrogen-bond acceptors (Lipinski definition) is 2. The normalized spacial score (nSPS) is 11.7. The van der Waals surface area contributed by atoms with Crippen LogP contribution in [0.15, 0.2) is 23.0 Å². The van der Waals surface area contributed by atoms with Gasteiger partial charge in [0.15, 0.2) is 0 Å². The van der Waals surface area contributed by atoms with Gasteiger partial charge in [-0.3, -0.25) is 4.79 Å². The Kier molecular flexibility index (Phi) is 3.16. The Morgan fingerprint density at radius 1 is 1.11 bits per heavy atom. The zero-order valence-electron chi connectivity index (χ0n) is 11.2. The average Bonchev–Trinajstić information content (AvgIpc) is 2.27. The molecule has 0 aliphatic carbocycles. The summed E-state index contributed by atoms with van der Waals surface area (Å²) >= 11 is 0. The van der Waals surface area contributed by atoms with Crippen molar-refractivity contribution in [3.8, 4) is 5.75 Å². The van der Waals surface area contributed by atoms with Gasteiger partial charge in [-0.15, -0.1) is 0 Å². The second kappa shape index (κ2) is 4.48. The van der Waals surface area contributed by atoms with Gasteiger partial charge < -0.3 is 10.1 Å². The van der Waals surface area contributed by atoms with Gasteiger partial charge in [-0.05, 0) is 29.5 Å². The summed E-state index contributed by atoms with van der Waals surface area (Å²) in [5, 5.41) is 11.0. The van der Waals surface area contributed by atoms with E-state index < -0.39 is 0 Å². The monoisotopic (exact) mass is 245 g/mol. The van der Waals surface area contributed by atoms with E-state index in [4.69, 9.17) is 0 Å². The highest BCUT2D eigenvalue weighted by atomic mass is 16.3. The van der Waals surface area contributed by atoms with Crippen molar-refractivity contribution in [1.29, 1.82) is 0 Å². The SMILES string of the molecule is CC(C)c1ccc2[nH]c(=O)c(C(C)C)c(O)c2c1. The summed E-state index contributed by atoms with van der Waals surface area (Å²) < 4.78 is 0. The Morgan fingerprint density at radius 2 is 1.78 bits per heavy atom. The standard InChI is InChI=1S/C15H19NO2/c1-8(2)10-5-6-12-11(7-10)14(17)13(9(3)4)15(18)16-12/h5-9H,1-4H3,(H2,16,17,18). The molecule has 0 radical (unpaired) electrons. The summed E-state index contributed by atoms with van der Waals surface area (Å²) in [6.07, 6.45) is 0. The van der Waals surface area contributed by atoms with Crippen LogP contribution in [0.2, 0.25) is 0 Å². The quantitative estimate of drug-likeness (QED) is 0.851. The van der Waals surface area contributed by atoms with Gasteiger partial charge in [0.05, 0.1) is 11.1 Å². The van der Waals surface area contributed by atoms with Crippen molar-refractivity contribution < 1.29 is 5.11 Å². The Labute approximate surface area is 106 Å². The van der Waals surface area contributed by atoms with E-state index in [1.807, 2.05) is 32.0 Å². The average molecular weight is 245 g/mol. The first-order chi connectivity index (χ1) is 8.41. The molecule has 2 rings (SSSR count). The van der Waals surface area contributed by atoms with Crippen molar-refractivity contribution in [1.82, 2.24) is 4.98 Å². The highest BCUT2D eigenvalue weighted by Gasteiger charge is 2.15. The largest absolute Gasteiger partial charge is 0.507 e. The molecule has 0 aliphatic heterocycles. The summed E-state index contributed by atoms with van der Waals surface area (Å²) in [6.45, 7) is 8.02. The van der Waals surface area contributed by atoms with E-state index in [2.05, 4.69) is 18.8 Å². The molecule has 0 atom stereocenters. The molecule has 1 aromatic heterocycles. The van der Waals surface area contributed by atoms with Crippen LogP contribution in [0.25, 0.3) is 10.9 Å². The van der Waals surface area contributed by atoms with Crippen molar-refractivity contribution in [2.75, 3.05) is 0 Å². The lowest BCUT2D eigenvalue weighted by Crippen LogP contribution is -2.14. The van der Waals surface area contributed by atoms with Crippen molar-refractivity contribution >= 4 is 10.9 Å². The van der Waals surface area contributed by atoms with Crippen LogP contribution in [0.5, 0.6) is 5.75 Å². The van der Waals surface area contributed by atoms with E-state index in [1.54, 1.807) is 0 Å². The van der Waals surface area contributed by atoms with E-state index in [0.29, 0.717) is 17.0 Å². The molecule has 0 unspecified atom stereocenters. The van der Waals surface area contributed by atoms with Gasteiger partial charge in [-0.2, -0.15) is 0 Å². The second-order valence-corrected chi connectivity index (χ2v) is 5.33. The number of hydrogen-bond donors (Lipinski definition) is 2. The summed E-state index contributed by atoms with van der Waals surface area (Å²) in [4.78, 5) is 14.7. The van der Waals surface area contributed by atoms with E-state index in [1.165, 1.54) is 0 Å². The van der Waals surface area contributed by atoms with Crippen molar-refractivity contribution in [3.05, 3.63) is 39.7 Å².